The van der Waals surface area contributed by atoms with E-state index in [9.17, 15) is 0 Å². The van der Waals surface area contributed by atoms with E-state index in [2.05, 4.69) is 27.5 Å². The van der Waals surface area contributed by atoms with Crippen molar-refractivity contribution in [2.45, 2.75) is 45.1 Å². The molecule has 0 amide bonds. The number of hydrogen-bond donors (Lipinski definition) is 1. The molecular weight excluding hydrogens is 292 g/mol. The Balaban J connectivity index is 1.60. The molecule has 1 heterocycles. The molecule has 1 aromatic rings. The summed E-state index contributed by atoms with van der Waals surface area (Å²) in [5.41, 5.74) is 4.76. The Bertz CT molecular complexity index is 549. The third kappa shape index (κ3) is 3.29. The highest BCUT2D eigenvalue weighted by Crippen LogP contribution is 2.43. The molecule has 0 aromatic carbocycles. The normalized spacial score (nSPS) is 27.5. The monoisotopic (exact) mass is 316 g/mol. The minimum Gasteiger partial charge on any atom is -0.348 e. The van der Waals surface area contributed by atoms with Gasteiger partial charge in [0.1, 0.15) is 0 Å². The van der Waals surface area contributed by atoms with Crippen LogP contribution in [0, 0.1) is 11.8 Å². The van der Waals surface area contributed by atoms with Gasteiger partial charge in [0, 0.05) is 19.3 Å². The largest absolute Gasteiger partial charge is 0.348 e. The molecule has 0 spiro atoms. The summed E-state index contributed by atoms with van der Waals surface area (Å²) < 4.78 is 0. The highest BCUT2D eigenvalue weighted by Gasteiger charge is 2.38. The van der Waals surface area contributed by atoms with Gasteiger partial charge in [-0.2, -0.15) is 5.10 Å². The van der Waals surface area contributed by atoms with Crippen molar-refractivity contribution in [3.8, 4) is 0 Å². The van der Waals surface area contributed by atoms with Crippen LogP contribution in [0.2, 0.25) is 0 Å². The van der Waals surface area contributed by atoms with Gasteiger partial charge in [0.25, 0.3) is 0 Å². The molecule has 5 heteroatoms. The van der Waals surface area contributed by atoms with Crippen molar-refractivity contribution >= 4 is 23.0 Å². The van der Waals surface area contributed by atoms with Crippen LogP contribution in [0.3, 0.4) is 0 Å². The maximum atomic E-state index is 5.53. The zero-order valence-electron chi connectivity index (χ0n) is 13.3. The number of rotatable bonds is 3. The van der Waals surface area contributed by atoms with Gasteiger partial charge in [-0.15, -0.1) is 0 Å². The molecule has 3 saturated carbocycles. The molecule has 0 saturated heterocycles. The molecule has 3 aliphatic carbocycles. The van der Waals surface area contributed by atoms with Gasteiger partial charge in [0.15, 0.2) is 5.11 Å². The van der Waals surface area contributed by atoms with Crippen LogP contribution in [0.15, 0.2) is 29.5 Å². The second-order valence-electron chi connectivity index (χ2n) is 6.52. The fourth-order valence-corrected chi connectivity index (χ4v) is 3.99. The van der Waals surface area contributed by atoms with Crippen molar-refractivity contribution in [2.24, 2.45) is 16.9 Å². The van der Waals surface area contributed by atoms with E-state index in [1.54, 1.807) is 6.20 Å². The summed E-state index contributed by atoms with van der Waals surface area (Å²) in [6.07, 6.45) is 8.60. The number of thiocarbonyl (C=S) groups is 1. The Morgan fingerprint density at radius 3 is 2.68 bits per heavy atom. The number of fused-ring (bicyclic) bond motifs is 3. The molecule has 4 rings (SSSR count). The summed E-state index contributed by atoms with van der Waals surface area (Å²) in [5.74, 6) is 1.70. The maximum absolute atomic E-state index is 5.53. The van der Waals surface area contributed by atoms with Gasteiger partial charge >= 0.3 is 0 Å². The third-order valence-corrected chi connectivity index (χ3v) is 5.56. The van der Waals surface area contributed by atoms with E-state index in [0.717, 1.165) is 23.2 Å². The number of pyridine rings is 1. The van der Waals surface area contributed by atoms with Gasteiger partial charge in [-0.1, -0.05) is 18.9 Å². The molecular formula is C17H24N4S. The predicted molar refractivity (Wildman–Crippen MR) is 93.8 cm³/mol. The second-order valence-corrected chi connectivity index (χ2v) is 6.91. The van der Waals surface area contributed by atoms with Crippen LogP contribution in [-0.4, -0.2) is 33.8 Å². The molecule has 22 heavy (non-hydrogen) atoms. The molecule has 4 nitrogen and oxygen atoms in total. The first kappa shape index (κ1) is 15.4. The highest BCUT2D eigenvalue weighted by molar-refractivity contribution is 7.80. The van der Waals surface area contributed by atoms with Gasteiger partial charge in [-0.3, -0.25) is 10.4 Å². The molecule has 1 aromatic heterocycles. The van der Waals surface area contributed by atoms with Crippen LogP contribution in [-0.2, 0) is 0 Å². The van der Waals surface area contributed by atoms with Crippen molar-refractivity contribution in [3.05, 3.63) is 30.1 Å². The number of aromatic nitrogens is 1. The summed E-state index contributed by atoms with van der Waals surface area (Å²) in [6.45, 7) is 1.94. The van der Waals surface area contributed by atoms with E-state index >= 15 is 0 Å². The van der Waals surface area contributed by atoms with E-state index < -0.39 is 0 Å². The Hall–Kier alpha value is -1.49. The van der Waals surface area contributed by atoms with E-state index in [-0.39, 0.29) is 0 Å². The number of nitrogens with one attached hydrogen (secondary N) is 1. The van der Waals surface area contributed by atoms with Crippen molar-refractivity contribution in [1.82, 2.24) is 15.3 Å². The molecule has 118 valence electrons. The first-order chi connectivity index (χ1) is 10.6. The van der Waals surface area contributed by atoms with Crippen LogP contribution in [0.5, 0.6) is 0 Å². The van der Waals surface area contributed by atoms with Gasteiger partial charge in [0.2, 0.25) is 0 Å². The van der Waals surface area contributed by atoms with Gasteiger partial charge in [-0.25, -0.2) is 0 Å². The Kier molecular flexibility index (Phi) is 4.71. The van der Waals surface area contributed by atoms with E-state index in [1.165, 1.54) is 32.1 Å². The number of nitrogens with zero attached hydrogens (tertiary/aromatic N) is 3. The van der Waals surface area contributed by atoms with Crippen LogP contribution in [0.1, 0.15) is 44.7 Å². The average molecular weight is 316 g/mol. The zero-order valence-corrected chi connectivity index (χ0v) is 14.1. The van der Waals surface area contributed by atoms with Crippen molar-refractivity contribution in [1.29, 1.82) is 0 Å². The van der Waals surface area contributed by atoms with Gasteiger partial charge in [-0.05, 0) is 62.4 Å². The first-order valence-electron chi connectivity index (χ1n) is 8.13. The van der Waals surface area contributed by atoms with Crippen molar-refractivity contribution in [3.63, 3.8) is 0 Å². The molecule has 0 aliphatic heterocycles. The minimum atomic E-state index is 0.581. The van der Waals surface area contributed by atoms with Crippen molar-refractivity contribution in [2.75, 3.05) is 7.05 Å². The van der Waals surface area contributed by atoms with Crippen LogP contribution in [0.4, 0.5) is 0 Å². The zero-order chi connectivity index (χ0) is 15.5. The fraction of sp³-hybridized carbons (Fsp3) is 0.588. The standard InChI is InChI=1S/C17H24N4S/c1-12(15-5-3-4-10-18-15)19-20-17(22)21(2)16-11-13-6-8-14(16)9-7-13/h3-5,10,13-14,16H,6-9,11H2,1-2H3,(H,20,22)/b19-12+. The van der Waals surface area contributed by atoms with E-state index in [1.807, 2.05) is 25.1 Å². The van der Waals surface area contributed by atoms with Gasteiger partial charge < -0.3 is 4.90 Å². The molecule has 0 radical (unpaired) electrons. The Morgan fingerprint density at radius 1 is 1.32 bits per heavy atom. The smallest absolute Gasteiger partial charge is 0.189 e. The third-order valence-electron chi connectivity index (χ3n) is 5.18. The molecule has 2 bridgehead atoms. The summed E-state index contributed by atoms with van der Waals surface area (Å²) >= 11 is 5.53. The summed E-state index contributed by atoms with van der Waals surface area (Å²) in [4.78, 5) is 6.52. The number of hydrazone groups is 1. The van der Waals surface area contributed by atoms with Gasteiger partial charge in [0.05, 0.1) is 11.4 Å². The lowest BCUT2D eigenvalue weighted by Gasteiger charge is -2.46. The molecule has 3 aliphatic rings. The molecule has 1 unspecified atom stereocenters. The molecule has 3 fully saturated rings. The van der Waals surface area contributed by atoms with Crippen LogP contribution in [0.25, 0.3) is 0 Å². The fourth-order valence-electron chi connectivity index (χ4n) is 3.81. The molecule has 1 N–H and O–H groups in total. The summed E-state index contributed by atoms with van der Waals surface area (Å²) in [6, 6.07) is 6.40. The van der Waals surface area contributed by atoms with E-state index in [4.69, 9.17) is 12.2 Å². The lowest BCUT2D eigenvalue weighted by Crippen LogP contribution is -2.50. The topological polar surface area (TPSA) is 40.5 Å². The Morgan fingerprint density at radius 2 is 2.09 bits per heavy atom. The van der Waals surface area contributed by atoms with Crippen molar-refractivity contribution < 1.29 is 0 Å². The maximum Gasteiger partial charge on any atom is 0.189 e. The second kappa shape index (κ2) is 6.73. The number of hydrogen-bond acceptors (Lipinski definition) is 3. The highest BCUT2D eigenvalue weighted by atomic mass is 32.1. The SMILES string of the molecule is C/C(=N\NC(=S)N(C)C1CC2CCC1CC2)c1ccccn1. The summed E-state index contributed by atoms with van der Waals surface area (Å²) in [7, 11) is 2.10. The molecule has 1 atom stereocenters. The van der Waals surface area contributed by atoms with Crippen LogP contribution >= 0.6 is 12.2 Å². The average Bonchev–Trinajstić information content (AvgIpc) is 2.60. The Labute approximate surface area is 138 Å². The first-order valence-corrected chi connectivity index (χ1v) is 8.54. The van der Waals surface area contributed by atoms with Crippen LogP contribution < -0.4 is 5.43 Å². The predicted octanol–water partition coefficient (Wildman–Crippen LogP) is 3.19. The van der Waals surface area contributed by atoms with E-state index in [0.29, 0.717) is 11.2 Å². The quantitative estimate of drug-likeness (QED) is 0.528. The minimum absolute atomic E-state index is 0.581. The summed E-state index contributed by atoms with van der Waals surface area (Å²) in [5, 5.41) is 5.11. The lowest BCUT2D eigenvalue weighted by molar-refractivity contribution is 0.0830. The lowest BCUT2D eigenvalue weighted by atomic mass is 9.67.